The van der Waals surface area contributed by atoms with E-state index in [4.69, 9.17) is 16.6 Å². The molecule has 2 aromatic carbocycles. The molecule has 0 spiro atoms. The number of aromatic nitrogens is 2. The SMILES string of the molecule is CCc1ccccc1-c1nc(Cl)c2c(C)cc(C)cc2n1. The van der Waals surface area contributed by atoms with Crippen molar-refractivity contribution in [1.82, 2.24) is 9.97 Å². The summed E-state index contributed by atoms with van der Waals surface area (Å²) in [5.74, 6) is 0.704. The Bertz CT molecular complexity index is 825. The van der Waals surface area contributed by atoms with E-state index in [1.54, 1.807) is 0 Å². The fourth-order valence-electron chi connectivity index (χ4n) is 2.76. The second kappa shape index (κ2) is 5.45. The maximum absolute atomic E-state index is 6.41. The first-order valence-corrected chi connectivity index (χ1v) is 7.50. The molecule has 0 aliphatic heterocycles. The standard InChI is InChI=1S/C18H17ClN2/c1-4-13-7-5-6-8-14(13)18-20-15-10-11(2)9-12(3)16(15)17(19)21-18/h5-10H,4H2,1-3H3. The zero-order valence-electron chi connectivity index (χ0n) is 12.4. The van der Waals surface area contributed by atoms with Gasteiger partial charge in [0.05, 0.1) is 5.52 Å². The zero-order chi connectivity index (χ0) is 15.0. The van der Waals surface area contributed by atoms with Crippen molar-refractivity contribution in [2.24, 2.45) is 0 Å². The van der Waals surface area contributed by atoms with Gasteiger partial charge in [0.1, 0.15) is 5.15 Å². The molecular weight excluding hydrogens is 280 g/mol. The smallest absolute Gasteiger partial charge is 0.161 e. The van der Waals surface area contributed by atoms with Gasteiger partial charge in [-0.05, 0) is 43.0 Å². The summed E-state index contributed by atoms with van der Waals surface area (Å²) in [4.78, 5) is 9.27. The van der Waals surface area contributed by atoms with E-state index in [1.165, 1.54) is 11.1 Å². The van der Waals surface area contributed by atoms with Crippen LogP contribution < -0.4 is 0 Å². The summed E-state index contributed by atoms with van der Waals surface area (Å²) in [6.07, 6.45) is 0.946. The topological polar surface area (TPSA) is 25.8 Å². The third-order valence-electron chi connectivity index (χ3n) is 3.73. The molecule has 3 aromatic rings. The summed E-state index contributed by atoms with van der Waals surface area (Å²) in [6, 6.07) is 12.4. The van der Waals surface area contributed by atoms with Gasteiger partial charge in [-0.3, -0.25) is 0 Å². The second-order valence-corrected chi connectivity index (χ2v) is 5.68. The van der Waals surface area contributed by atoms with Crippen LogP contribution in [0.15, 0.2) is 36.4 Å². The van der Waals surface area contributed by atoms with Gasteiger partial charge in [0, 0.05) is 10.9 Å². The van der Waals surface area contributed by atoms with Crippen molar-refractivity contribution in [3.8, 4) is 11.4 Å². The Kier molecular flexibility index (Phi) is 3.64. The largest absolute Gasteiger partial charge is 0.228 e. The molecule has 0 unspecified atom stereocenters. The zero-order valence-corrected chi connectivity index (χ0v) is 13.2. The Balaban J connectivity index is 2.30. The average molecular weight is 297 g/mol. The molecule has 0 fully saturated rings. The van der Waals surface area contributed by atoms with Crippen LogP contribution in [0.25, 0.3) is 22.3 Å². The van der Waals surface area contributed by atoms with Gasteiger partial charge < -0.3 is 0 Å². The third-order valence-corrected chi connectivity index (χ3v) is 4.01. The number of fused-ring (bicyclic) bond motifs is 1. The fourth-order valence-corrected chi connectivity index (χ4v) is 3.08. The molecule has 1 heterocycles. The quantitative estimate of drug-likeness (QED) is 0.613. The van der Waals surface area contributed by atoms with Crippen LogP contribution in [0.4, 0.5) is 0 Å². The lowest BCUT2D eigenvalue weighted by molar-refractivity contribution is 1.12. The number of rotatable bonds is 2. The van der Waals surface area contributed by atoms with Crippen LogP contribution in [0.5, 0.6) is 0 Å². The first-order valence-electron chi connectivity index (χ1n) is 7.13. The van der Waals surface area contributed by atoms with Gasteiger partial charge >= 0.3 is 0 Å². The summed E-state index contributed by atoms with van der Waals surface area (Å²) in [5.41, 5.74) is 5.50. The Morgan fingerprint density at radius 2 is 1.81 bits per heavy atom. The number of aryl methyl sites for hydroxylation is 3. The maximum atomic E-state index is 6.41. The maximum Gasteiger partial charge on any atom is 0.161 e. The van der Waals surface area contributed by atoms with Gasteiger partial charge in [-0.25, -0.2) is 9.97 Å². The molecule has 3 heteroatoms. The molecule has 2 nitrogen and oxygen atoms in total. The number of benzene rings is 2. The van der Waals surface area contributed by atoms with Gasteiger partial charge in [-0.1, -0.05) is 48.9 Å². The number of nitrogens with zero attached hydrogens (tertiary/aromatic N) is 2. The monoisotopic (exact) mass is 296 g/mol. The minimum atomic E-state index is 0.526. The Hall–Kier alpha value is -1.93. The van der Waals surface area contributed by atoms with Gasteiger partial charge in [-0.15, -0.1) is 0 Å². The lowest BCUT2D eigenvalue weighted by Crippen LogP contribution is -1.97. The van der Waals surface area contributed by atoms with Gasteiger partial charge in [0.15, 0.2) is 5.82 Å². The first kappa shape index (κ1) is 14.0. The molecule has 0 saturated carbocycles. The molecule has 1 aromatic heterocycles. The van der Waals surface area contributed by atoms with Crippen LogP contribution in [0, 0.1) is 13.8 Å². The highest BCUT2D eigenvalue weighted by molar-refractivity contribution is 6.34. The highest BCUT2D eigenvalue weighted by Crippen LogP contribution is 2.29. The van der Waals surface area contributed by atoms with E-state index in [1.807, 2.05) is 19.1 Å². The van der Waals surface area contributed by atoms with E-state index < -0.39 is 0 Å². The van der Waals surface area contributed by atoms with Crippen LogP contribution in [0.1, 0.15) is 23.6 Å². The molecule has 0 N–H and O–H groups in total. The number of halogens is 1. The molecule has 0 aliphatic rings. The molecule has 0 aliphatic carbocycles. The normalized spacial score (nSPS) is 11.0. The van der Waals surface area contributed by atoms with Crippen molar-refractivity contribution in [3.05, 3.63) is 58.2 Å². The van der Waals surface area contributed by atoms with Crippen LogP contribution in [0.3, 0.4) is 0 Å². The Labute approximate surface area is 129 Å². The van der Waals surface area contributed by atoms with Crippen molar-refractivity contribution < 1.29 is 0 Å². The predicted molar refractivity (Wildman–Crippen MR) is 88.8 cm³/mol. The Morgan fingerprint density at radius 3 is 2.57 bits per heavy atom. The summed E-state index contributed by atoms with van der Waals surface area (Å²) >= 11 is 6.41. The van der Waals surface area contributed by atoms with Gasteiger partial charge in [-0.2, -0.15) is 0 Å². The summed E-state index contributed by atoms with van der Waals surface area (Å²) < 4.78 is 0. The van der Waals surface area contributed by atoms with Crippen LogP contribution in [-0.4, -0.2) is 9.97 Å². The molecule has 0 atom stereocenters. The first-order chi connectivity index (χ1) is 10.1. The van der Waals surface area contributed by atoms with E-state index in [0.29, 0.717) is 11.0 Å². The molecule has 0 bridgehead atoms. The van der Waals surface area contributed by atoms with E-state index in [2.05, 4.69) is 43.1 Å². The van der Waals surface area contributed by atoms with Crippen molar-refractivity contribution in [2.45, 2.75) is 27.2 Å². The van der Waals surface area contributed by atoms with Crippen LogP contribution >= 0.6 is 11.6 Å². The molecule has 0 amide bonds. The van der Waals surface area contributed by atoms with Gasteiger partial charge in [0.25, 0.3) is 0 Å². The molecule has 0 radical (unpaired) electrons. The predicted octanol–water partition coefficient (Wildman–Crippen LogP) is 5.13. The lowest BCUT2D eigenvalue weighted by atomic mass is 10.0. The number of hydrogen-bond donors (Lipinski definition) is 0. The minimum Gasteiger partial charge on any atom is -0.228 e. The van der Waals surface area contributed by atoms with Crippen molar-refractivity contribution in [2.75, 3.05) is 0 Å². The van der Waals surface area contributed by atoms with E-state index in [-0.39, 0.29) is 0 Å². The van der Waals surface area contributed by atoms with Crippen molar-refractivity contribution in [1.29, 1.82) is 0 Å². The molecular formula is C18H17ClN2. The molecule has 3 rings (SSSR count). The third kappa shape index (κ3) is 2.52. The Morgan fingerprint density at radius 1 is 1.05 bits per heavy atom. The van der Waals surface area contributed by atoms with Crippen molar-refractivity contribution >= 4 is 22.5 Å². The second-order valence-electron chi connectivity index (χ2n) is 5.32. The van der Waals surface area contributed by atoms with E-state index in [0.717, 1.165) is 28.5 Å². The van der Waals surface area contributed by atoms with Crippen LogP contribution in [-0.2, 0) is 6.42 Å². The summed E-state index contributed by atoms with van der Waals surface area (Å²) in [6.45, 7) is 6.25. The summed E-state index contributed by atoms with van der Waals surface area (Å²) in [7, 11) is 0. The highest BCUT2D eigenvalue weighted by Gasteiger charge is 2.12. The molecule has 0 saturated heterocycles. The minimum absolute atomic E-state index is 0.526. The fraction of sp³-hybridized carbons (Fsp3) is 0.222. The van der Waals surface area contributed by atoms with Gasteiger partial charge in [0.2, 0.25) is 0 Å². The van der Waals surface area contributed by atoms with E-state index >= 15 is 0 Å². The summed E-state index contributed by atoms with van der Waals surface area (Å²) in [5, 5.41) is 1.47. The molecule has 21 heavy (non-hydrogen) atoms. The molecule has 106 valence electrons. The van der Waals surface area contributed by atoms with Crippen LogP contribution in [0.2, 0.25) is 5.15 Å². The van der Waals surface area contributed by atoms with E-state index in [9.17, 15) is 0 Å². The average Bonchev–Trinajstić information content (AvgIpc) is 2.45. The lowest BCUT2D eigenvalue weighted by Gasteiger charge is -2.10. The number of hydrogen-bond acceptors (Lipinski definition) is 2. The van der Waals surface area contributed by atoms with Crippen molar-refractivity contribution in [3.63, 3.8) is 0 Å². The highest BCUT2D eigenvalue weighted by atomic mass is 35.5.